The third kappa shape index (κ3) is 48.2. The molecule has 0 aliphatic heterocycles. The van der Waals surface area contributed by atoms with E-state index in [1.165, 1.54) is 4.09 Å². The van der Waals surface area contributed by atoms with Crippen LogP contribution in [0.5, 0.6) is 0 Å². The van der Waals surface area contributed by atoms with Crippen LogP contribution < -0.4 is 0 Å². The average Bonchev–Trinajstić information content (AvgIpc) is 2.54. The summed E-state index contributed by atoms with van der Waals surface area (Å²) < 4.78 is 1.17. The van der Waals surface area contributed by atoms with Crippen molar-refractivity contribution in [2.45, 2.75) is 160 Å². The summed E-state index contributed by atoms with van der Waals surface area (Å²) in [7, 11) is 10.5. The van der Waals surface area contributed by atoms with E-state index in [2.05, 4.69) is 135 Å². The Kier molecular flexibility index (Phi) is 36.8. The predicted molar refractivity (Wildman–Crippen MR) is 183 cm³/mol. The van der Waals surface area contributed by atoms with Gasteiger partial charge in [0.15, 0.2) is 0 Å². The van der Waals surface area contributed by atoms with E-state index in [0.717, 1.165) is 0 Å². The van der Waals surface area contributed by atoms with Crippen molar-refractivity contribution in [2.24, 2.45) is 0 Å². The van der Waals surface area contributed by atoms with E-state index < -0.39 is 0 Å². The Morgan fingerprint density at radius 2 is 0.500 bits per heavy atom. The monoisotopic (exact) mass is 766 g/mol. The topological polar surface area (TPSA) is 0 Å². The Labute approximate surface area is 259 Å². The minimum atomic E-state index is -0.0972. The van der Waals surface area contributed by atoms with Gasteiger partial charge in [-0.15, -0.1) is 0 Å². The van der Waals surface area contributed by atoms with Crippen molar-refractivity contribution in [3.8, 4) is 0 Å². The van der Waals surface area contributed by atoms with E-state index in [9.17, 15) is 0 Å². The summed E-state index contributed by atoms with van der Waals surface area (Å²) in [6, 6.07) is 0. The number of hydrogen-bond donors (Lipinski definition) is 0. The molecule has 9 heteroatoms. The molecule has 0 unspecified atom stereocenters. The van der Waals surface area contributed by atoms with Crippen molar-refractivity contribution in [3.05, 3.63) is 0 Å². The molecule has 0 fully saturated rings. The Balaban J connectivity index is -0.0000000719. The summed E-state index contributed by atoms with van der Waals surface area (Å²) in [6.07, 6.45) is 0. The Morgan fingerprint density at radius 3 is 0.500 bits per heavy atom. The average molecular weight is 764 g/mol. The maximum absolute atomic E-state index is 5.37. The number of rotatable bonds is 2. The van der Waals surface area contributed by atoms with Gasteiger partial charge < -0.3 is 0 Å². The third-order valence-corrected chi connectivity index (χ3v) is 28.8. The molecule has 0 nitrogen and oxygen atoms in total. The predicted octanol–water partition coefficient (Wildman–Crippen LogP) is 10.9. The van der Waals surface area contributed by atoms with E-state index in [0.29, 0.717) is 20.2 Å². The van der Waals surface area contributed by atoms with Crippen molar-refractivity contribution < 1.29 is 0 Å². The van der Waals surface area contributed by atoms with Crippen LogP contribution in [-0.2, 0) is 0 Å². The van der Waals surface area contributed by atoms with Gasteiger partial charge in [0, 0.05) is 52.8 Å². The maximum Gasteiger partial charge on any atom is 0 e. The molecule has 0 aromatic heterocycles. The van der Waals surface area contributed by atoms with Crippen LogP contribution in [0.4, 0.5) is 0 Å². The van der Waals surface area contributed by atoms with Gasteiger partial charge in [0.1, 0.15) is 0 Å². The van der Waals surface area contributed by atoms with E-state index >= 15 is 0 Å². The first kappa shape index (κ1) is 50.0. The van der Waals surface area contributed by atoms with Crippen LogP contribution in [0, 0.1) is 0 Å². The molecule has 0 saturated carbocycles. The third-order valence-electron chi connectivity index (χ3n) is 6.13. The van der Waals surface area contributed by atoms with Crippen molar-refractivity contribution >= 4 is 102 Å². The molecule has 204 valence electrons. The SMILES string of the molecule is C[Si](C)C(C)(C)C.C[Si](C)C(C)(C)C.C[Si](C)C(C)(C)C.C[Si](C)C(C)(C)C.[Cl][Ge][CH2][Ge][Cl].[Ge]. The van der Waals surface area contributed by atoms with Crippen LogP contribution in [0.25, 0.3) is 0 Å². The van der Waals surface area contributed by atoms with Crippen LogP contribution in [0.15, 0.2) is 0 Å². The second-order valence-corrected chi connectivity index (χ2v) is 35.9. The quantitative estimate of drug-likeness (QED) is 0.246. The van der Waals surface area contributed by atoms with Crippen LogP contribution >= 0.6 is 20.0 Å². The van der Waals surface area contributed by atoms with E-state index in [4.69, 9.17) is 20.0 Å². The first-order valence-corrected chi connectivity index (χ1v) is 30.6. The Hall–Kier alpha value is 3.08. The van der Waals surface area contributed by atoms with Crippen molar-refractivity contribution in [1.29, 1.82) is 0 Å². The van der Waals surface area contributed by atoms with E-state index in [1.54, 1.807) is 0 Å². The zero-order valence-electron chi connectivity index (χ0n) is 27.0. The fourth-order valence-electron chi connectivity index (χ4n) is 0.0253. The molecule has 0 bridgehead atoms. The molecule has 12 radical (unpaired) electrons. The fourth-order valence-corrected chi connectivity index (χ4v) is 6.14. The molecule has 0 saturated heterocycles. The zero-order valence-corrected chi connectivity index (χ0v) is 38.8. The van der Waals surface area contributed by atoms with Gasteiger partial charge in [0.2, 0.25) is 0 Å². The van der Waals surface area contributed by atoms with Gasteiger partial charge in [-0.2, -0.15) is 0 Å². The number of hydrogen-bond acceptors (Lipinski definition) is 0. The molecule has 0 aromatic rings. The molecule has 0 heterocycles. The van der Waals surface area contributed by atoms with Gasteiger partial charge >= 0.3 is 53.1 Å². The largest absolute Gasteiger partial charge is 0 e. The van der Waals surface area contributed by atoms with Crippen LogP contribution in [0.1, 0.15) is 83.1 Å². The summed E-state index contributed by atoms with van der Waals surface area (Å²) in [5.74, 6) is 0. The molecule has 0 aliphatic rings. The summed E-state index contributed by atoms with van der Waals surface area (Å²) >= 11 is -0.194. The van der Waals surface area contributed by atoms with Gasteiger partial charge in [-0.1, -0.05) is 135 Å². The first-order chi connectivity index (χ1) is 14.2. The van der Waals surface area contributed by atoms with Crippen LogP contribution in [0.3, 0.4) is 0 Å². The van der Waals surface area contributed by atoms with Gasteiger partial charge in [-0.05, 0) is 20.2 Å². The fraction of sp³-hybridized carbons (Fsp3) is 1.00. The van der Waals surface area contributed by atoms with Gasteiger partial charge in [0.25, 0.3) is 0 Å². The zero-order chi connectivity index (χ0) is 28.4. The standard InChI is InChI=1S/4C6H15Si.CH2Cl2Ge2.Ge/c4*1-6(2,3)7(4)5;2-4-1-5-3;/h4*1-5H3;1H2;. The summed E-state index contributed by atoms with van der Waals surface area (Å²) in [4.78, 5) is 0. The summed E-state index contributed by atoms with van der Waals surface area (Å²) in [5.41, 5.74) is 0. The molecular formula is C25H62Cl2Ge3Si4. The first-order valence-electron chi connectivity index (χ1n) is 12.1. The normalized spacial score (nSPS) is 11.8. The molecule has 0 aromatic carbocycles. The number of halogens is 2. The van der Waals surface area contributed by atoms with E-state index in [-0.39, 0.29) is 81.8 Å². The minimum absolute atomic E-state index is 0. The Bertz CT molecular complexity index is 334. The maximum atomic E-state index is 5.37. The van der Waals surface area contributed by atoms with Crippen LogP contribution in [-0.4, -0.2) is 81.8 Å². The molecule has 0 aliphatic carbocycles. The molecule has 0 N–H and O–H groups in total. The Morgan fingerprint density at radius 1 is 0.412 bits per heavy atom. The smallest absolute Gasteiger partial charge is 0 e. The molecule has 0 rings (SSSR count). The second-order valence-electron chi connectivity index (χ2n) is 13.4. The van der Waals surface area contributed by atoms with Crippen LogP contribution in [0.2, 0.25) is 76.6 Å². The minimum Gasteiger partial charge on any atom is 0 e. The van der Waals surface area contributed by atoms with Crippen molar-refractivity contribution in [1.82, 2.24) is 0 Å². The molecule has 0 amide bonds. The van der Waals surface area contributed by atoms with Crippen molar-refractivity contribution in [3.63, 3.8) is 0 Å². The van der Waals surface area contributed by atoms with Gasteiger partial charge in [-0.3, -0.25) is 0 Å². The molecule has 34 heavy (non-hydrogen) atoms. The molecular weight excluding hydrogens is 701 g/mol. The summed E-state index contributed by atoms with van der Waals surface area (Å²) in [5, 5.41) is 2.41. The van der Waals surface area contributed by atoms with Crippen molar-refractivity contribution in [2.75, 3.05) is 0 Å². The van der Waals surface area contributed by atoms with Gasteiger partial charge in [0.05, 0.1) is 0 Å². The second kappa shape index (κ2) is 25.1. The van der Waals surface area contributed by atoms with Gasteiger partial charge in [-0.25, -0.2) is 0 Å². The summed E-state index contributed by atoms with van der Waals surface area (Å²) in [6.45, 7) is 46.5. The molecule has 0 atom stereocenters. The van der Waals surface area contributed by atoms with E-state index in [1.807, 2.05) is 0 Å². The molecule has 0 spiro atoms.